The minimum atomic E-state index is -1.05. The summed E-state index contributed by atoms with van der Waals surface area (Å²) < 4.78 is 0. The van der Waals surface area contributed by atoms with Crippen molar-refractivity contribution in [3.05, 3.63) is 139 Å². The van der Waals surface area contributed by atoms with Gasteiger partial charge in [0.25, 0.3) is 11.8 Å². The third kappa shape index (κ3) is 13.8. The molecule has 0 saturated carbocycles. The Hall–Kier alpha value is -6.20. The number of nitrogens with one attached hydrogen (secondary N) is 3. The molecule has 57 heavy (non-hydrogen) atoms. The van der Waals surface area contributed by atoms with Gasteiger partial charge in [-0.15, -0.1) is 0 Å². The van der Waals surface area contributed by atoms with E-state index in [0.717, 1.165) is 11.1 Å². The molecule has 4 rings (SSSR count). The van der Waals surface area contributed by atoms with Crippen molar-refractivity contribution < 1.29 is 44.7 Å². The van der Waals surface area contributed by atoms with Crippen LogP contribution in [-0.4, -0.2) is 61.4 Å². The van der Waals surface area contributed by atoms with Crippen LogP contribution in [0.25, 0.3) is 9.69 Å². The number of carboxylic acid groups (broad SMARTS) is 1. The number of aliphatic carboxylic acids is 1. The monoisotopic (exact) mass is 820 g/mol. The highest BCUT2D eigenvalue weighted by molar-refractivity contribution is 6.34. The summed E-state index contributed by atoms with van der Waals surface area (Å²) in [7, 11) is 0. The maximum atomic E-state index is 12.5. The molecule has 3 amide bonds. The summed E-state index contributed by atoms with van der Waals surface area (Å²) in [6.07, 6.45) is -1.57. The number of hydrazine groups is 2. The number of aliphatic hydroxyl groups excluding tert-OH is 2. The van der Waals surface area contributed by atoms with Crippen LogP contribution >= 0.6 is 23.2 Å². The summed E-state index contributed by atoms with van der Waals surface area (Å²) in [5.41, 5.74) is 10.5. The summed E-state index contributed by atoms with van der Waals surface area (Å²) in [5, 5.41) is 47.5. The number of aromatic hydroxyl groups is 2. The zero-order valence-electron chi connectivity index (χ0n) is 31.2. The smallest absolute Gasteiger partial charge is 0.309 e. The lowest BCUT2D eigenvalue weighted by Crippen LogP contribution is -2.47. The highest BCUT2D eigenvalue weighted by Gasteiger charge is 2.27. The lowest BCUT2D eigenvalue weighted by molar-refractivity contribution is -0.145. The van der Waals surface area contributed by atoms with Crippen LogP contribution in [0.2, 0.25) is 10.0 Å². The third-order valence-electron chi connectivity index (χ3n) is 8.54. The number of halogens is 2. The van der Waals surface area contributed by atoms with Gasteiger partial charge in [0.1, 0.15) is 11.5 Å². The molecule has 0 aliphatic rings. The Morgan fingerprint density at radius 2 is 1.12 bits per heavy atom. The van der Waals surface area contributed by atoms with Crippen LogP contribution in [0.1, 0.15) is 56.8 Å². The molecule has 0 radical (unpaired) electrons. The van der Waals surface area contributed by atoms with Crippen LogP contribution < -0.4 is 22.1 Å². The quantitative estimate of drug-likeness (QED) is 0.0408. The highest BCUT2D eigenvalue weighted by atomic mass is 35.5. The average Bonchev–Trinajstić information content (AvgIpc) is 3.17. The van der Waals surface area contributed by atoms with E-state index in [1.54, 1.807) is 50.2 Å². The van der Waals surface area contributed by atoms with E-state index < -0.39 is 47.7 Å². The molecule has 4 aromatic carbocycles. The van der Waals surface area contributed by atoms with E-state index in [2.05, 4.69) is 20.5 Å². The Bertz CT molecular complexity index is 2170. The van der Waals surface area contributed by atoms with Gasteiger partial charge in [-0.3, -0.25) is 35.5 Å². The Kier molecular flexibility index (Phi) is 18.4. The molecular weight excluding hydrogens is 779 g/mol. The first kappa shape index (κ1) is 47.0. The molecule has 0 unspecified atom stereocenters. The summed E-state index contributed by atoms with van der Waals surface area (Å²) in [6, 6.07) is 18.1. The molecule has 0 aliphatic heterocycles. The predicted molar refractivity (Wildman–Crippen MR) is 214 cm³/mol. The second-order valence-corrected chi connectivity index (χ2v) is 13.3. The van der Waals surface area contributed by atoms with E-state index in [4.69, 9.17) is 52.4 Å². The normalized spacial score (nSPS) is 12.3. The number of nitrogen functional groups attached to an aromatic ring is 1. The summed E-state index contributed by atoms with van der Waals surface area (Å²) in [6.45, 7) is 20.4. The molecule has 10 N–H and O–H groups in total. The van der Waals surface area contributed by atoms with E-state index >= 15 is 0 Å². The minimum Gasteiger partial charge on any atom is -0.508 e. The molecule has 0 heterocycles. The van der Waals surface area contributed by atoms with Gasteiger partial charge in [-0.1, -0.05) is 59.6 Å². The van der Waals surface area contributed by atoms with Gasteiger partial charge in [0.2, 0.25) is 17.3 Å². The standard InChI is InChI=1S/C20H20ClN3O4.C13H14ClNO3.C7H8N2O2/c1-11-13(7-8-17(22-3)18(11)21)10-16(12(2)25)20(28)24-23-19(27)14-5-4-6-15(26)9-14;1-7-9(4-5-11(15-3)12(7)14)6-10(8(2)16)13(17)18;8-9-7(11)5-2-1-3-6(10)4-5/h4-9,12,16,25-26H,10H2,1-2H3,(H,23,27)(H,24,28);4-5,8,10,16H,6H2,1-2H3,(H,17,18);1-4,10H,8H2,(H,9,11)/t12-,16-;8-,10-;/m11./s1. The largest absolute Gasteiger partial charge is 0.508 e. The zero-order valence-corrected chi connectivity index (χ0v) is 32.8. The van der Waals surface area contributed by atoms with Gasteiger partial charge in [0.05, 0.1) is 47.2 Å². The Balaban J connectivity index is 0.000000329. The van der Waals surface area contributed by atoms with Crippen LogP contribution in [-0.2, 0) is 22.4 Å². The second kappa shape index (κ2) is 22.4. The molecule has 300 valence electrons. The van der Waals surface area contributed by atoms with Crippen LogP contribution in [0.4, 0.5) is 11.4 Å². The molecule has 0 spiro atoms. The van der Waals surface area contributed by atoms with Crippen molar-refractivity contribution in [2.45, 2.75) is 52.7 Å². The van der Waals surface area contributed by atoms with Crippen LogP contribution in [0.5, 0.6) is 11.5 Å². The summed E-state index contributed by atoms with van der Waals surface area (Å²) in [5.74, 6) is 0.481. The first-order chi connectivity index (χ1) is 26.9. The molecule has 0 saturated heterocycles. The number of benzene rings is 4. The predicted octanol–water partition coefficient (Wildman–Crippen LogP) is 5.72. The van der Waals surface area contributed by atoms with Crippen LogP contribution in [0.3, 0.4) is 0 Å². The van der Waals surface area contributed by atoms with Gasteiger partial charge in [0, 0.05) is 11.1 Å². The van der Waals surface area contributed by atoms with Crippen LogP contribution in [0.15, 0.2) is 72.8 Å². The molecule has 4 atom stereocenters. The first-order valence-electron chi connectivity index (χ1n) is 17.0. The molecule has 0 aliphatic carbocycles. The van der Waals surface area contributed by atoms with Crippen molar-refractivity contribution in [2.75, 3.05) is 0 Å². The van der Waals surface area contributed by atoms with Crippen molar-refractivity contribution in [1.29, 1.82) is 0 Å². The maximum absolute atomic E-state index is 12.5. The number of nitrogens with zero attached hydrogens (tertiary/aromatic N) is 2. The first-order valence-corrected chi connectivity index (χ1v) is 17.7. The SMILES string of the molecule is NNC(=O)c1cccc(O)c1.[C-]#[N+]c1ccc(C[C@@H](C(=O)NNC(=O)c2cccc(O)c2)[C@@H](C)O)c(C)c1Cl.[C-]#[N+]c1ccc(C[C@@H](C(=O)O)[C@@H](C)O)c(C)c1Cl. The van der Waals surface area contributed by atoms with Crippen molar-refractivity contribution in [3.8, 4) is 11.5 Å². The van der Waals surface area contributed by atoms with Crippen molar-refractivity contribution in [3.63, 3.8) is 0 Å². The fraction of sp³-hybridized carbons (Fsp3) is 0.250. The summed E-state index contributed by atoms with van der Waals surface area (Å²) in [4.78, 5) is 53.0. The Morgan fingerprint density at radius 1 is 0.702 bits per heavy atom. The molecule has 4 aromatic rings. The number of aliphatic hydroxyl groups is 2. The van der Waals surface area contributed by atoms with Gasteiger partial charge in [-0.2, -0.15) is 0 Å². The van der Waals surface area contributed by atoms with Gasteiger partial charge in [-0.05, 0) is 99.2 Å². The number of amides is 3. The number of hydrogen-bond acceptors (Lipinski definition) is 9. The number of hydrogen-bond donors (Lipinski definition) is 9. The molecule has 0 fully saturated rings. The lowest BCUT2D eigenvalue weighted by atomic mass is 9.91. The maximum Gasteiger partial charge on any atom is 0.309 e. The number of rotatable bonds is 10. The Labute approximate surface area is 339 Å². The average molecular weight is 822 g/mol. The van der Waals surface area contributed by atoms with E-state index in [1.807, 2.05) is 5.43 Å². The fourth-order valence-electron chi connectivity index (χ4n) is 5.12. The van der Waals surface area contributed by atoms with E-state index in [1.165, 1.54) is 50.2 Å². The topological polar surface area (TPSA) is 240 Å². The number of phenols is 2. The van der Waals surface area contributed by atoms with E-state index in [0.29, 0.717) is 38.1 Å². The number of carboxylic acids is 1. The van der Waals surface area contributed by atoms with Crippen molar-refractivity contribution in [2.24, 2.45) is 17.7 Å². The number of carbonyl (C=O) groups excluding carboxylic acids is 3. The summed E-state index contributed by atoms with van der Waals surface area (Å²) >= 11 is 12.2. The number of phenolic OH excluding ortho intramolecular Hbond substituents is 2. The fourth-order valence-corrected chi connectivity index (χ4v) is 5.57. The van der Waals surface area contributed by atoms with Crippen LogP contribution in [0, 0.1) is 38.8 Å². The molecule has 0 aromatic heterocycles. The molecule has 17 heteroatoms. The third-order valence-corrected chi connectivity index (χ3v) is 9.50. The van der Waals surface area contributed by atoms with Crippen molar-refractivity contribution in [1.82, 2.24) is 16.3 Å². The van der Waals surface area contributed by atoms with Gasteiger partial charge in [-0.25, -0.2) is 15.5 Å². The highest BCUT2D eigenvalue weighted by Crippen LogP contribution is 2.33. The number of nitrogens with two attached hydrogens (primary N) is 1. The molecule has 0 bridgehead atoms. The van der Waals surface area contributed by atoms with E-state index in [9.17, 15) is 34.5 Å². The van der Waals surface area contributed by atoms with Crippen molar-refractivity contribution >= 4 is 58.3 Å². The number of carbonyl (C=O) groups is 4. The lowest BCUT2D eigenvalue weighted by Gasteiger charge is -2.21. The molecule has 15 nitrogen and oxygen atoms in total. The minimum absolute atomic E-state index is 0.0473. The van der Waals surface area contributed by atoms with E-state index in [-0.39, 0.29) is 29.9 Å². The van der Waals surface area contributed by atoms with Gasteiger partial charge >= 0.3 is 5.97 Å². The second-order valence-electron chi connectivity index (χ2n) is 12.5. The molecular formula is C40H42Cl2N6O9. The Morgan fingerprint density at radius 3 is 1.49 bits per heavy atom. The zero-order chi connectivity index (χ0) is 43.0. The van der Waals surface area contributed by atoms with Gasteiger partial charge < -0.3 is 25.5 Å². The van der Waals surface area contributed by atoms with Gasteiger partial charge in [0.15, 0.2) is 0 Å².